The van der Waals surface area contributed by atoms with E-state index in [1.807, 2.05) is 4.90 Å². The van der Waals surface area contributed by atoms with Crippen molar-refractivity contribution in [1.29, 1.82) is 0 Å². The lowest BCUT2D eigenvalue weighted by atomic mass is 9.52. The monoisotopic (exact) mass is 408 g/mol. The molecule has 0 aromatic rings. The van der Waals surface area contributed by atoms with Crippen LogP contribution in [0.25, 0.3) is 0 Å². The Kier molecular flexibility index (Phi) is 6.59. The van der Waals surface area contributed by atoms with Gasteiger partial charge in [0.25, 0.3) is 0 Å². The molecule has 0 aromatic carbocycles. The molecule has 5 nitrogen and oxygen atoms in total. The molecule has 0 aromatic heterocycles. The van der Waals surface area contributed by atoms with Crippen LogP contribution in [0.2, 0.25) is 0 Å². The summed E-state index contributed by atoms with van der Waals surface area (Å²) in [4.78, 5) is 25.8. The minimum absolute atomic E-state index is 0.0106. The van der Waals surface area contributed by atoms with Gasteiger partial charge in [0.15, 0.2) is 0 Å². The van der Waals surface area contributed by atoms with Gasteiger partial charge in [-0.25, -0.2) is 9.59 Å². The summed E-state index contributed by atoms with van der Waals surface area (Å²) in [6, 6.07) is -0.289. The van der Waals surface area contributed by atoms with E-state index in [1.165, 1.54) is 25.3 Å². The van der Waals surface area contributed by atoms with Gasteiger partial charge < -0.3 is 15.4 Å². The molecule has 29 heavy (non-hydrogen) atoms. The van der Waals surface area contributed by atoms with Crippen LogP contribution in [0, 0.1) is 17.8 Å². The molecule has 4 fully saturated rings. The Bertz CT molecular complexity index is 618. The second kappa shape index (κ2) is 8.65. The number of allylic oxidation sites excluding steroid dienone is 1. The molecule has 4 bridgehead atoms. The Morgan fingerprint density at radius 3 is 2.10 bits per heavy atom. The maximum atomic E-state index is 13.8. The molecule has 4 aliphatic rings. The minimum atomic E-state index is -0.904. The number of primary amides is 1. The summed E-state index contributed by atoms with van der Waals surface area (Å²) < 4.78 is 18.8. The first kappa shape index (κ1) is 22.1. The van der Waals surface area contributed by atoms with Crippen LogP contribution in [0.4, 0.5) is 9.18 Å². The molecule has 4 aliphatic carbocycles. The van der Waals surface area contributed by atoms with E-state index in [9.17, 15) is 14.0 Å². The molecule has 2 N–H and O–H groups in total. The van der Waals surface area contributed by atoms with E-state index in [0.29, 0.717) is 13.0 Å². The van der Waals surface area contributed by atoms with Crippen molar-refractivity contribution in [2.45, 2.75) is 96.1 Å². The van der Waals surface area contributed by atoms with Crippen LogP contribution < -0.4 is 5.73 Å². The van der Waals surface area contributed by atoms with Crippen LogP contribution in [-0.4, -0.2) is 34.6 Å². The highest BCUT2D eigenvalue weighted by Crippen LogP contribution is 2.57. The second-order valence-electron chi connectivity index (χ2n) is 10.5. The molecule has 4 saturated carbocycles. The molecular weight excluding hydrogens is 371 g/mol. The number of nitrogens with zero attached hydrogens (tertiary/aromatic N) is 1. The van der Waals surface area contributed by atoms with Crippen LogP contribution in [0.3, 0.4) is 0 Å². The van der Waals surface area contributed by atoms with Crippen LogP contribution in [0.15, 0.2) is 11.9 Å². The van der Waals surface area contributed by atoms with Crippen molar-refractivity contribution >= 4 is 12.0 Å². The van der Waals surface area contributed by atoms with E-state index in [1.54, 1.807) is 20.8 Å². The van der Waals surface area contributed by atoms with E-state index in [0.717, 1.165) is 56.3 Å². The average molecular weight is 409 g/mol. The van der Waals surface area contributed by atoms with Gasteiger partial charge in [0.05, 0.1) is 0 Å². The molecule has 0 atom stereocenters. The van der Waals surface area contributed by atoms with Crippen molar-refractivity contribution in [2.24, 2.45) is 23.5 Å². The normalized spacial score (nSPS) is 31.0. The van der Waals surface area contributed by atoms with Crippen molar-refractivity contribution in [3.63, 3.8) is 0 Å². The molecule has 6 heteroatoms. The summed E-state index contributed by atoms with van der Waals surface area (Å²) in [5.41, 5.74) is 5.09. The number of carbonyl (C=O) groups excluding carboxylic acids is 2. The first-order valence-electron chi connectivity index (χ1n) is 11.2. The molecule has 0 heterocycles. The third-order valence-corrected chi connectivity index (χ3v) is 6.85. The fourth-order valence-electron chi connectivity index (χ4n) is 6.21. The van der Waals surface area contributed by atoms with Gasteiger partial charge in [-0.15, -0.1) is 0 Å². The largest absolute Gasteiger partial charge is 0.455 e. The van der Waals surface area contributed by atoms with Crippen molar-refractivity contribution < 1.29 is 18.7 Å². The van der Waals surface area contributed by atoms with Crippen LogP contribution in [0.1, 0.15) is 85.0 Å². The summed E-state index contributed by atoms with van der Waals surface area (Å²) in [6.07, 6.45) is 11.6. The maximum Gasteiger partial charge on any atom is 0.367 e. The van der Waals surface area contributed by atoms with Crippen molar-refractivity contribution in [1.82, 2.24) is 4.90 Å². The number of unbranched alkanes of at least 4 members (excludes halogenated alkanes) is 3. The first-order valence-corrected chi connectivity index (χ1v) is 11.2. The van der Waals surface area contributed by atoms with E-state index in [-0.39, 0.29) is 11.6 Å². The topological polar surface area (TPSA) is 72.6 Å². The molecule has 2 amide bonds. The third-order valence-electron chi connectivity index (χ3n) is 6.85. The number of hydrogen-bond acceptors (Lipinski definition) is 3. The van der Waals surface area contributed by atoms with E-state index in [2.05, 4.69) is 0 Å². The molecule has 0 saturated heterocycles. The van der Waals surface area contributed by atoms with Gasteiger partial charge in [-0.3, -0.25) is 0 Å². The third kappa shape index (κ3) is 5.52. The highest BCUT2D eigenvalue weighted by molar-refractivity contribution is 5.86. The second-order valence-corrected chi connectivity index (χ2v) is 10.5. The van der Waals surface area contributed by atoms with Gasteiger partial charge in [0.1, 0.15) is 5.60 Å². The number of halogens is 1. The van der Waals surface area contributed by atoms with Crippen LogP contribution in [-0.2, 0) is 9.53 Å². The lowest BCUT2D eigenvalue weighted by molar-refractivity contribution is -0.151. The van der Waals surface area contributed by atoms with Gasteiger partial charge in [-0.1, -0.05) is 6.42 Å². The highest BCUT2D eigenvalue weighted by atomic mass is 19.1. The Morgan fingerprint density at radius 2 is 1.62 bits per heavy atom. The number of hydrogen-bond donors (Lipinski definition) is 1. The average Bonchev–Trinajstić information content (AvgIpc) is 2.57. The summed E-state index contributed by atoms with van der Waals surface area (Å²) in [7, 11) is 0. The first-order chi connectivity index (χ1) is 13.6. The highest BCUT2D eigenvalue weighted by Gasteiger charge is 2.54. The van der Waals surface area contributed by atoms with Gasteiger partial charge in [-0.2, -0.15) is 4.39 Å². The predicted octanol–water partition coefficient (Wildman–Crippen LogP) is 5.09. The summed E-state index contributed by atoms with van der Waals surface area (Å²) >= 11 is 0. The van der Waals surface area contributed by atoms with Gasteiger partial charge in [0, 0.05) is 12.1 Å². The zero-order chi connectivity index (χ0) is 21.2. The molecule has 0 aliphatic heterocycles. The molecule has 0 unspecified atom stereocenters. The zero-order valence-electron chi connectivity index (χ0n) is 18.2. The molecule has 0 radical (unpaired) electrons. The quantitative estimate of drug-likeness (QED) is 0.345. The Morgan fingerprint density at radius 1 is 1.07 bits per heavy atom. The number of urea groups is 1. The summed E-state index contributed by atoms with van der Waals surface area (Å²) in [5.74, 6) is 0.573. The summed E-state index contributed by atoms with van der Waals surface area (Å²) in [5, 5.41) is 0. The maximum absolute atomic E-state index is 13.8. The number of carbonyl (C=O) groups is 2. The Labute approximate surface area is 174 Å². The Hall–Kier alpha value is -1.59. The zero-order valence-corrected chi connectivity index (χ0v) is 18.2. The van der Waals surface area contributed by atoms with Gasteiger partial charge in [0.2, 0.25) is 5.83 Å². The van der Waals surface area contributed by atoms with E-state index in [4.69, 9.17) is 10.5 Å². The van der Waals surface area contributed by atoms with Crippen molar-refractivity contribution in [2.75, 3.05) is 6.54 Å². The summed E-state index contributed by atoms with van der Waals surface area (Å²) in [6.45, 7) is 5.82. The predicted molar refractivity (Wildman–Crippen MR) is 111 cm³/mol. The fourth-order valence-corrected chi connectivity index (χ4v) is 6.21. The number of ether oxygens (including phenoxy) is 1. The smallest absolute Gasteiger partial charge is 0.367 e. The molecule has 164 valence electrons. The van der Waals surface area contributed by atoms with E-state index >= 15 is 0 Å². The number of nitrogens with two attached hydrogens (primary N) is 1. The standard InChI is InChI=1S/C23H37FN2O3/c1-22(2,3)29-20(27)19(24)8-6-4-5-7-9-26(21(25)28)23-13-16-10-17(14-23)12-18(11-16)15-23/h8,16-18H,4-7,9-15H2,1-3H3,(H2,25,28). The number of rotatable bonds is 8. The molecule has 4 rings (SSSR count). The van der Waals surface area contributed by atoms with Gasteiger partial charge in [-0.05, 0) is 102 Å². The number of amides is 2. The van der Waals surface area contributed by atoms with Crippen LogP contribution >= 0.6 is 0 Å². The van der Waals surface area contributed by atoms with E-state index < -0.39 is 17.4 Å². The fraction of sp³-hybridized carbons (Fsp3) is 0.826. The lowest BCUT2D eigenvalue weighted by Crippen LogP contribution is -2.62. The van der Waals surface area contributed by atoms with Crippen molar-refractivity contribution in [3.05, 3.63) is 11.9 Å². The number of esters is 1. The van der Waals surface area contributed by atoms with Gasteiger partial charge >= 0.3 is 12.0 Å². The SMILES string of the molecule is CC(C)(C)OC(=O)C(F)=CCCCCCN(C(N)=O)C12CC3CC(CC(C3)C1)C2. The molecule has 0 spiro atoms. The Balaban J connectivity index is 1.44. The van der Waals surface area contributed by atoms with Crippen molar-refractivity contribution in [3.8, 4) is 0 Å². The van der Waals surface area contributed by atoms with Crippen LogP contribution in [0.5, 0.6) is 0 Å². The lowest BCUT2D eigenvalue weighted by Gasteiger charge is -2.60. The minimum Gasteiger partial charge on any atom is -0.455 e. The molecular formula is C23H37FN2O3.